The summed E-state index contributed by atoms with van der Waals surface area (Å²) in [6.07, 6.45) is 4.66. The molecule has 134 valence electrons. The summed E-state index contributed by atoms with van der Waals surface area (Å²) < 4.78 is 5.74. The highest BCUT2D eigenvalue weighted by Gasteiger charge is 2.21. The van der Waals surface area contributed by atoms with Crippen LogP contribution in [0.5, 0.6) is 5.75 Å². The molecule has 1 fully saturated rings. The second-order valence-corrected chi connectivity index (χ2v) is 7.13. The molecule has 0 saturated heterocycles. The molecule has 3 nitrogen and oxygen atoms in total. The predicted molar refractivity (Wildman–Crippen MR) is 103 cm³/mol. The zero-order valence-electron chi connectivity index (χ0n) is 15.0. The molecule has 2 aromatic carbocycles. The van der Waals surface area contributed by atoms with E-state index in [-0.39, 0.29) is 0 Å². The third-order valence-corrected chi connectivity index (χ3v) is 5.13. The smallest absolute Gasteiger partial charge is 0.119 e. The Morgan fingerprint density at radius 1 is 1.00 bits per heavy atom. The van der Waals surface area contributed by atoms with Gasteiger partial charge in [0.25, 0.3) is 0 Å². The maximum absolute atomic E-state index is 10.2. The predicted octanol–water partition coefficient (Wildman–Crippen LogP) is 4.26. The molecular weight excluding hydrogens is 310 g/mol. The summed E-state index contributed by atoms with van der Waals surface area (Å²) in [6.45, 7) is 3.21. The van der Waals surface area contributed by atoms with Crippen molar-refractivity contribution in [2.45, 2.75) is 44.8 Å². The van der Waals surface area contributed by atoms with Gasteiger partial charge in [-0.3, -0.25) is 0 Å². The molecule has 3 rings (SSSR count). The zero-order valence-corrected chi connectivity index (χ0v) is 15.0. The van der Waals surface area contributed by atoms with Crippen molar-refractivity contribution < 1.29 is 9.84 Å². The number of benzene rings is 2. The molecule has 3 atom stereocenters. The van der Waals surface area contributed by atoms with E-state index in [4.69, 9.17) is 4.74 Å². The first-order valence-corrected chi connectivity index (χ1v) is 9.42. The molecule has 0 aliphatic heterocycles. The first kappa shape index (κ1) is 18.0. The first-order valence-electron chi connectivity index (χ1n) is 9.42. The van der Waals surface area contributed by atoms with Crippen molar-refractivity contribution in [1.29, 1.82) is 0 Å². The molecule has 0 heterocycles. The SMILES string of the molecule is CC1CCCCC1NCC(O)COc1ccc(-c2ccccc2)cc1. The summed E-state index contributed by atoms with van der Waals surface area (Å²) in [5.41, 5.74) is 2.36. The number of aliphatic hydroxyl groups excluding tert-OH is 1. The van der Waals surface area contributed by atoms with E-state index in [0.717, 1.165) is 5.75 Å². The number of rotatable bonds is 7. The van der Waals surface area contributed by atoms with Gasteiger partial charge in [-0.1, -0.05) is 62.2 Å². The van der Waals surface area contributed by atoms with Gasteiger partial charge in [0.15, 0.2) is 0 Å². The summed E-state index contributed by atoms with van der Waals surface area (Å²) >= 11 is 0. The minimum absolute atomic E-state index is 0.318. The summed E-state index contributed by atoms with van der Waals surface area (Å²) in [7, 11) is 0. The molecule has 2 N–H and O–H groups in total. The molecule has 0 aromatic heterocycles. The largest absolute Gasteiger partial charge is 0.491 e. The summed E-state index contributed by atoms with van der Waals surface area (Å²) in [6, 6.07) is 18.9. The van der Waals surface area contributed by atoms with Gasteiger partial charge in [-0.25, -0.2) is 0 Å². The summed E-state index contributed by atoms with van der Waals surface area (Å²) in [5.74, 6) is 1.50. The Morgan fingerprint density at radius 2 is 1.68 bits per heavy atom. The first-order chi connectivity index (χ1) is 12.2. The minimum atomic E-state index is -0.483. The minimum Gasteiger partial charge on any atom is -0.491 e. The lowest BCUT2D eigenvalue weighted by Gasteiger charge is -2.30. The third-order valence-electron chi connectivity index (χ3n) is 5.13. The van der Waals surface area contributed by atoms with Crippen LogP contribution in [-0.2, 0) is 0 Å². The Balaban J connectivity index is 1.43. The van der Waals surface area contributed by atoms with Crippen molar-refractivity contribution in [3.05, 3.63) is 54.6 Å². The van der Waals surface area contributed by atoms with Crippen LogP contribution in [-0.4, -0.2) is 30.4 Å². The van der Waals surface area contributed by atoms with Crippen molar-refractivity contribution >= 4 is 0 Å². The van der Waals surface area contributed by atoms with Crippen LogP contribution < -0.4 is 10.1 Å². The molecule has 2 aromatic rings. The Hall–Kier alpha value is -1.84. The van der Waals surface area contributed by atoms with E-state index in [9.17, 15) is 5.11 Å². The van der Waals surface area contributed by atoms with Crippen molar-refractivity contribution in [1.82, 2.24) is 5.32 Å². The van der Waals surface area contributed by atoms with E-state index < -0.39 is 6.10 Å². The molecule has 1 aliphatic rings. The Labute approximate surface area is 151 Å². The summed E-state index contributed by atoms with van der Waals surface area (Å²) in [4.78, 5) is 0. The van der Waals surface area contributed by atoms with Crippen LogP contribution in [0.4, 0.5) is 0 Å². The number of ether oxygens (including phenoxy) is 1. The maximum Gasteiger partial charge on any atom is 0.119 e. The lowest BCUT2D eigenvalue weighted by atomic mass is 9.86. The fourth-order valence-electron chi connectivity index (χ4n) is 3.53. The molecule has 0 spiro atoms. The molecule has 3 unspecified atom stereocenters. The fraction of sp³-hybridized carbons (Fsp3) is 0.455. The van der Waals surface area contributed by atoms with Gasteiger partial charge >= 0.3 is 0 Å². The highest BCUT2D eigenvalue weighted by atomic mass is 16.5. The lowest BCUT2D eigenvalue weighted by Crippen LogP contribution is -2.42. The standard InChI is InChI=1S/C22H29NO2/c1-17-7-5-6-10-22(17)23-15-20(24)16-25-21-13-11-19(12-14-21)18-8-3-2-4-9-18/h2-4,8-9,11-14,17,20,22-24H,5-7,10,15-16H2,1H3. The molecule has 0 amide bonds. The zero-order chi connectivity index (χ0) is 17.5. The molecule has 1 saturated carbocycles. The van der Waals surface area contributed by atoms with Crippen molar-refractivity contribution in [3.63, 3.8) is 0 Å². The molecule has 25 heavy (non-hydrogen) atoms. The lowest BCUT2D eigenvalue weighted by molar-refractivity contribution is 0.0985. The van der Waals surface area contributed by atoms with Crippen LogP contribution in [0.2, 0.25) is 0 Å². The van der Waals surface area contributed by atoms with Crippen LogP contribution in [0.1, 0.15) is 32.6 Å². The van der Waals surface area contributed by atoms with Gasteiger partial charge in [0.2, 0.25) is 0 Å². The second kappa shape index (κ2) is 9.02. The number of aliphatic hydroxyl groups is 1. The van der Waals surface area contributed by atoms with Gasteiger partial charge in [0.1, 0.15) is 18.5 Å². The Morgan fingerprint density at radius 3 is 2.40 bits per heavy atom. The molecule has 0 bridgehead atoms. The number of hydrogen-bond donors (Lipinski definition) is 2. The van der Waals surface area contributed by atoms with E-state index in [1.165, 1.54) is 36.8 Å². The quantitative estimate of drug-likeness (QED) is 0.792. The van der Waals surface area contributed by atoms with Crippen LogP contribution in [0.25, 0.3) is 11.1 Å². The van der Waals surface area contributed by atoms with Gasteiger partial charge in [-0.05, 0) is 42.0 Å². The molecule has 3 heteroatoms. The van der Waals surface area contributed by atoms with Gasteiger partial charge < -0.3 is 15.2 Å². The van der Waals surface area contributed by atoms with E-state index in [0.29, 0.717) is 25.1 Å². The maximum atomic E-state index is 10.2. The average Bonchev–Trinajstić information content (AvgIpc) is 2.67. The van der Waals surface area contributed by atoms with E-state index in [1.54, 1.807) is 0 Å². The van der Waals surface area contributed by atoms with E-state index in [1.807, 2.05) is 30.3 Å². The van der Waals surface area contributed by atoms with Crippen molar-refractivity contribution in [2.75, 3.05) is 13.2 Å². The topological polar surface area (TPSA) is 41.5 Å². The van der Waals surface area contributed by atoms with Gasteiger partial charge in [-0.15, -0.1) is 0 Å². The van der Waals surface area contributed by atoms with Gasteiger partial charge in [-0.2, -0.15) is 0 Å². The Bertz CT molecular complexity index is 626. The monoisotopic (exact) mass is 339 g/mol. The van der Waals surface area contributed by atoms with E-state index >= 15 is 0 Å². The van der Waals surface area contributed by atoms with Crippen LogP contribution >= 0.6 is 0 Å². The van der Waals surface area contributed by atoms with Gasteiger partial charge in [0.05, 0.1) is 0 Å². The molecular formula is C22H29NO2. The fourth-order valence-corrected chi connectivity index (χ4v) is 3.53. The van der Waals surface area contributed by atoms with Crippen molar-refractivity contribution in [2.24, 2.45) is 5.92 Å². The average molecular weight is 339 g/mol. The van der Waals surface area contributed by atoms with Gasteiger partial charge in [0, 0.05) is 12.6 Å². The van der Waals surface area contributed by atoms with Crippen LogP contribution in [0, 0.1) is 5.92 Å². The highest BCUT2D eigenvalue weighted by Crippen LogP contribution is 2.24. The van der Waals surface area contributed by atoms with Crippen LogP contribution in [0.3, 0.4) is 0 Å². The third kappa shape index (κ3) is 5.32. The highest BCUT2D eigenvalue weighted by molar-refractivity contribution is 5.63. The second-order valence-electron chi connectivity index (χ2n) is 7.13. The number of nitrogens with one attached hydrogen (secondary N) is 1. The summed E-state index contributed by atoms with van der Waals surface area (Å²) in [5, 5.41) is 13.7. The van der Waals surface area contributed by atoms with E-state index in [2.05, 4.69) is 36.5 Å². The van der Waals surface area contributed by atoms with Crippen LogP contribution in [0.15, 0.2) is 54.6 Å². The number of hydrogen-bond acceptors (Lipinski definition) is 3. The molecule has 1 aliphatic carbocycles. The van der Waals surface area contributed by atoms with Crippen molar-refractivity contribution in [3.8, 4) is 16.9 Å². The normalized spacial score (nSPS) is 21.7. The Kier molecular flexibility index (Phi) is 6.48. The molecule has 0 radical (unpaired) electrons.